The topological polar surface area (TPSA) is 152 Å². The molecule has 0 saturated carbocycles. The number of aliphatic hydroxyl groups excluding tert-OH is 2. The van der Waals surface area contributed by atoms with Crippen molar-refractivity contribution in [2.45, 2.75) is 128 Å². The van der Waals surface area contributed by atoms with Crippen LogP contribution in [0.15, 0.2) is 35.9 Å². The second-order valence-corrected chi connectivity index (χ2v) is 20.3. The molecule has 1 rings (SSSR count). The predicted molar refractivity (Wildman–Crippen MR) is 204 cm³/mol. The molecular weight excluding hydrogens is 689 g/mol. The first-order valence-electron chi connectivity index (χ1n) is 18.2. The van der Waals surface area contributed by atoms with Crippen LogP contribution in [0, 0.1) is 5.92 Å². The monoisotopic (exact) mass is 758 g/mol. The van der Waals surface area contributed by atoms with Crippen LogP contribution in [0.1, 0.15) is 78.9 Å². The summed E-state index contributed by atoms with van der Waals surface area (Å²) in [5.74, 6) is -1.07. The molecule has 1 aromatic rings. The first kappa shape index (κ1) is 48.3. The van der Waals surface area contributed by atoms with Gasteiger partial charge in [0.05, 0.1) is 38.1 Å². The maximum atomic E-state index is 12.1. The summed E-state index contributed by atoms with van der Waals surface area (Å²) in [7, 11) is 2.22. The fourth-order valence-corrected chi connectivity index (χ4v) is 6.78. The Morgan fingerprint density at radius 2 is 1.56 bits per heavy atom. The SMILES string of the molecule is CC[C@H](/C=C(/C)[C@@H](O)C[C@H](C[C@H](O)C(C)(C)c1cccc(C[C@@H](OCOC)[C@H](OCOC)C(=O)O)c1)O[Si](C)(C)C(C)(C)C)COCOCCOC. The highest BCUT2D eigenvalue weighted by Gasteiger charge is 2.41. The Morgan fingerprint density at radius 1 is 0.904 bits per heavy atom. The van der Waals surface area contributed by atoms with Crippen LogP contribution in [0.5, 0.6) is 0 Å². The molecule has 0 radical (unpaired) electrons. The molecular formula is C39H70O12Si. The van der Waals surface area contributed by atoms with Crippen LogP contribution >= 0.6 is 0 Å². The first-order valence-corrected chi connectivity index (χ1v) is 21.1. The van der Waals surface area contributed by atoms with Gasteiger partial charge in [-0.1, -0.05) is 71.9 Å². The minimum atomic E-state index is -2.29. The standard InChI is InChI=1S/C39H70O12Si/c1-13-29(24-48-27-47-18-17-44-8)19-28(2)33(40)22-32(51-52(11,12)38(3,4)5)23-35(41)39(6,7)31-16-14-15-30(20-31)21-34(49-25-45-9)36(37(42)43)50-26-46-10/h14-16,19-20,29,32-36,40-41H,13,17-18,21-27H2,1-12H3,(H,42,43)/b28-19-/t29-,32-,33+,34-,35+,36+/m1/s1. The zero-order valence-corrected chi connectivity index (χ0v) is 34.9. The van der Waals surface area contributed by atoms with Gasteiger partial charge in [-0.3, -0.25) is 0 Å². The number of methoxy groups -OCH3 is 3. The lowest BCUT2D eigenvalue weighted by Gasteiger charge is -2.42. The van der Waals surface area contributed by atoms with Gasteiger partial charge in [-0.05, 0) is 54.6 Å². The summed E-state index contributed by atoms with van der Waals surface area (Å²) in [5.41, 5.74) is 1.79. The molecule has 0 fully saturated rings. The predicted octanol–water partition coefficient (Wildman–Crippen LogP) is 6.07. The van der Waals surface area contributed by atoms with E-state index in [9.17, 15) is 20.1 Å². The second-order valence-electron chi connectivity index (χ2n) is 15.5. The van der Waals surface area contributed by atoms with Gasteiger partial charge in [-0.25, -0.2) is 4.79 Å². The van der Waals surface area contributed by atoms with Crippen molar-refractivity contribution in [2.75, 3.05) is 61.5 Å². The van der Waals surface area contributed by atoms with Crippen LogP contribution in [0.4, 0.5) is 0 Å². The summed E-state index contributed by atoms with van der Waals surface area (Å²) in [5, 5.41) is 33.2. The van der Waals surface area contributed by atoms with Crippen molar-refractivity contribution in [2.24, 2.45) is 5.92 Å². The van der Waals surface area contributed by atoms with Gasteiger partial charge in [0.1, 0.15) is 26.5 Å². The molecule has 0 aliphatic heterocycles. The summed E-state index contributed by atoms with van der Waals surface area (Å²) in [4.78, 5) is 12.1. The van der Waals surface area contributed by atoms with Gasteiger partial charge >= 0.3 is 5.97 Å². The Morgan fingerprint density at radius 3 is 2.13 bits per heavy atom. The van der Waals surface area contributed by atoms with Gasteiger partial charge in [-0.2, -0.15) is 0 Å². The molecule has 0 bridgehead atoms. The summed E-state index contributed by atoms with van der Waals surface area (Å²) < 4.78 is 44.2. The molecule has 302 valence electrons. The van der Waals surface area contributed by atoms with Crippen molar-refractivity contribution in [3.8, 4) is 0 Å². The molecule has 0 unspecified atom stereocenters. The summed E-state index contributed by atoms with van der Waals surface area (Å²) in [6, 6.07) is 7.69. The van der Waals surface area contributed by atoms with Gasteiger partial charge in [0, 0.05) is 45.5 Å². The summed E-state index contributed by atoms with van der Waals surface area (Å²) in [6.45, 7) is 20.2. The molecule has 0 amide bonds. The maximum absolute atomic E-state index is 12.1. The molecule has 0 saturated heterocycles. The van der Waals surface area contributed by atoms with E-state index in [1.807, 2.05) is 45.0 Å². The molecule has 52 heavy (non-hydrogen) atoms. The van der Waals surface area contributed by atoms with Crippen molar-refractivity contribution in [3.63, 3.8) is 0 Å². The average Bonchev–Trinajstić information content (AvgIpc) is 3.07. The summed E-state index contributed by atoms with van der Waals surface area (Å²) in [6.07, 6.45) is -0.392. The van der Waals surface area contributed by atoms with Crippen LogP contribution in [-0.2, 0) is 54.2 Å². The number of hydrogen-bond acceptors (Lipinski definition) is 11. The average molecular weight is 759 g/mol. The van der Waals surface area contributed by atoms with Crippen molar-refractivity contribution in [3.05, 3.63) is 47.0 Å². The van der Waals surface area contributed by atoms with E-state index in [2.05, 4.69) is 46.9 Å². The molecule has 6 atom stereocenters. The Labute approximate surface area is 314 Å². The third kappa shape index (κ3) is 16.7. The van der Waals surface area contributed by atoms with Gasteiger partial charge in [0.15, 0.2) is 14.4 Å². The minimum Gasteiger partial charge on any atom is -0.479 e. The van der Waals surface area contributed by atoms with Gasteiger partial charge < -0.3 is 52.9 Å². The molecule has 3 N–H and O–H groups in total. The molecule has 0 aliphatic carbocycles. The van der Waals surface area contributed by atoms with Crippen LogP contribution in [-0.4, -0.2) is 122 Å². The van der Waals surface area contributed by atoms with Crippen LogP contribution in [0.3, 0.4) is 0 Å². The van der Waals surface area contributed by atoms with Crippen molar-refractivity contribution < 1.29 is 57.7 Å². The molecule has 0 heterocycles. The van der Waals surface area contributed by atoms with E-state index in [1.165, 1.54) is 14.2 Å². The summed E-state index contributed by atoms with van der Waals surface area (Å²) >= 11 is 0. The molecule has 0 aromatic heterocycles. The van der Waals surface area contributed by atoms with Crippen molar-refractivity contribution in [1.82, 2.24) is 0 Å². The van der Waals surface area contributed by atoms with Crippen LogP contribution in [0.25, 0.3) is 0 Å². The lowest BCUT2D eigenvalue weighted by Crippen LogP contribution is -2.47. The lowest BCUT2D eigenvalue weighted by molar-refractivity contribution is -0.184. The molecule has 1 aromatic carbocycles. The second kappa shape index (κ2) is 23.9. The van der Waals surface area contributed by atoms with Crippen LogP contribution in [0.2, 0.25) is 18.1 Å². The number of carboxylic acids is 1. The maximum Gasteiger partial charge on any atom is 0.335 e. The van der Waals surface area contributed by atoms with E-state index in [4.69, 9.17) is 37.6 Å². The highest BCUT2D eigenvalue weighted by atomic mass is 28.4. The fourth-order valence-electron chi connectivity index (χ4n) is 5.40. The minimum absolute atomic E-state index is 0.0753. The van der Waals surface area contributed by atoms with E-state index in [1.54, 1.807) is 7.11 Å². The molecule has 12 nitrogen and oxygen atoms in total. The Bertz CT molecular complexity index is 1170. The molecule has 0 aliphatic rings. The quantitative estimate of drug-likeness (QED) is 0.0394. The fraction of sp³-hybridized carbons (Fsp3) is 0.769. The van der Waals surface area contributed by atoms with Gasteiger partial charge in [0.2, 0.25) is 0 Å². The van der Waals surface area contributed by atoms with Gasteiger partial charge in [0.25, 0.3) is 0 Å². The normalized spacial score (nSPS) is 16.7. The number of hydrogen-bond donors (Lipinski definition) is 3. The highest BCUT2D eigenvalue weighted by molar-refractivity contribution is 6.74. The van der Waals surface area contributed by atoms with Gasteiger partial charge in [-0.15, -0.1) is 0 Å². The van der Waals surface area contributed by atoms with Crippen LogP contribution < -0.4 is 0 Å². The zero-order valence-electron chi connectivity index (χ0n) is 33.9. The van der Waals surface area contributed by atoms with E-state index in [-0.39, 0.29) is 37.8 Å². The third-order valence-electron chi connectivity index (χ3n) is 10.0. The van der Waals surface area contributed by atoms with E-state index < -0.39 is 50.2 Å². The number of rotatable bonds is 28. The van der Waals surface area contributed by atoms with Crippen molar-refractivity contribution >= 4 is 14.3 Å². The molecule has 13 heteroatoms. The largest absolute Gasteiger partial charge is 0.479 e. The number of benzene rings is 1. The van der Waals surface area contributed by atoms with Crippen molar-refractivity contribution in [1.29, 1.82) is 0 Å². The Kier molecular flexibility index (Phi) is 22.2. The number of aliphatic carboxylic acids is 1. The Balaban J connectivity index is 3.26. The highest BCUT2D eigenvalue weighted by Crippen LogP contribution is 2.40. The number of ether oxygens (including phenoxy) is 7. The third-order valence-corrected chi connectivity index (χ3v) is 14.5. The van der Waals surface area contributed by atoms with E-state index in [0.29, 0.717) is 32.7 Å². The number of aliphatic hydroxyl groups is 2. The molecule has 0 spiro atoms. The lowest BCUT2D eigenvalue weighted by atomic mass is 9.76. The number of carbonyl (C=O) groups is 1. The number of carboxylic acid groups (broad SMARTS) is 1. The first-order chi connectivity index (χ1) is 24.3. The zero-order chi connectivity index (χ0) is 39.5. The van der Waals surface area contributed by atoms with E-state index >= 15 is 0 Å². The smallest absolute Gasteiger partial charge is 0.335 e. The Hall–Kier alpha value is -1.75. The van der Waals surface area contributed by atoms with E-state index in [0.717, 1.165) is 23.1 Å².